The van der Waals surface area contributed by atoms with E-state index in [1.54, 1.807) is 0 Å². The molecule has 0 radical (unpaired) electrons. The highest BCUT2D eigenvalue weighted by Gasteiger charge is 2.26. The highest BCUT2D eigenvalue weighted by Crippen LogP contribution is 2.13. The Morgan fingerprint density at radius 2 is 1.27 bits per heavy atom. The number of alkyl carbamates (subject to hydrolysis) is 1. The van der Waals surface area contributed by atoms with Crippen molar-refractivity contribution in [3.05, 3.63) is 0 Å². The van der Waals surface area contributed by atoms with Gasteiger partial charge in [0.2, 0.25) is 0 Å². The first-order valence-corrected chi connectivity index (χ1v) is 12.1. The van der Waals surface area contributed by atoms with Crippen LogP contribution in [0.2, 0.25) is 0 Å². The molecule has 1 amide bonds. The molecule has 0 aromatic carbocycles. The maximum Gasteiger partial charge on any atom is 0.408 e. The van der Waals surface area contributed by atoms with Gasteiger partial charge in [0.05, 0.1) is 6.61 Å². The molecule has 0 aromatic heterocycles. The fourth-order valence-electron chi connectivity index (χ4n) is 3.33. The summed E-state index contributed by atoms with van der Waals surface area (Å²) in [6, 6.07) is -0.720. The summed E-state index contributed by atoms with van der Waals surface area (Å²) in [4.78, 5) is 23.8. The number of esters is 1. The van der Waals surface area contributed by atoms with Crippen molar-refractivity contribution in [3.8, 4) is 12.3 Å². The van der Waals surface area contributed by atoms with Crippen molar-refractivity contribution in [2.75, 3.05) is 13.2 Å². The minimum atomic E-state index is -0.720. The van der Waals surface area contributed by atoms with Gasteiger partial charge in [0.15, 0.2) is 6.61 Å². The van der Waals surface area contributed by atoms with Crippen LogP contribution in [0.3, 0.4) is 0 Å². The number of hydrogen-bond donors (Lipinski definition) is 1. The molecule has 1 atom stereocenters. The first kappa shape index (κ1) is 28.3. The zero-order chi connectivity index (χ0) is 22.5. The molecule has 0 saturated heterocycles. The Morgan fingerprint density at radius 1 is 0.800 bits per heavy atom. The van der Waals surface area contributed by atoms with Gasteiger partial charge in [-0.3, -0.25) is 0 Å². The van der Waals surface area contributed by atoms with E-state index in [9.17, 15) is 9.59 Å². The number of terminal acetylenes is 1. The third-order valence-electron chi connectivity index (χ3n) is 5.22. The fourth-order valence-corrected chi connectivity index (χ4v) is 3.33. The Bertz CT molecular complexity index is 470. The van der Waals surface area contributed by atoms with Crippen LogP contribution in [0.4, 0.5) is 4.79 Å². The van der Waals surface area contributed by atoms with Crippen LogP contribution in [0.1, 0.15) is 111 Å². The van der Waals surface area contributed by atoms with Gasteiger partial charge < -0.3 is 14.8 Å². The van der Waals surface area contributed by atoms with Gasteiger partial charge in [0.25, 0.3) is 0 Å². The molecule has 0 bridgehead atoms. The van der Waals surface area contributed by atoms with Gasteiger partial charge in [-0.25, -0.2) is 9.59 Å². The van der Waals surface area contributed by atoms with Crippen LogP contribution in [0.25, 0.3) is 0 Å². The van der Waals surface area contributed by atoms with E-state index < -0.39 is 18.1 Å². The highest BCUT2D eigenvalue weighted by atomic mass is 16.6. The van der Waals surface area contributed by atoms with Crippen LogP contribution in [-0.2, 0) is 14.3 Å². The number of carbonyl (C=O) groups excluding carboxylic acids is 2. The molecule has 5 nitrogen and oxygen atoms in total. The molecule has 0 heterocycles. The van der Waals surface area contributed by atoms with Crippen molar-refractivity contribution in [2.45, 2.75) is 117 Å². The Labute approximate surface area is 185 Å². The Kier molecular flexibility index (Phi) is 19.4. The molecular formula is C25H45NO4. The maximum absolute atomic E-state index is 12.2. The molecule has 0 rings (SSSR count). The van der Waals surface area contributed by atoms with Crippen molar-refractivity contribution in [2.24, 2.45) is 5.92 Å². The Balaban J connectivity index is 3.60. The van der Waals surface area contributed by atoms with E-state index in [4.69, 9.17) is 15.9 Å². The number of hydrogen-bond acceptors (Lipinski definition) is 4. The second-order valence-electron chi connectivity index (χ2n) is 8.41. The van der Waals surface area contributed by atoms with Gasteiger partial charge in [0.1, 0.15) is 6.04 Å². The standard InChI is InChI=1S/C25H45NO4/c1-5-7-8-9-10-11-12-13-14-15-16-17-18-19-21-29-24(27)23(22(3)4)26-25(28)30-20-6-2/h2,22-23H,5,7-21H2,1,3-4H3,(H,26,28). The summed E-state index contributed by atoms with van der Waals surface area (Å²) in [5, 5.41) is 2.52. The zero-order valence-electron chi connectivity index (χ0n) is 19.7. The van der Waals surface area contributed by atoms with Crippen molar-refractivity contribution in [3.63, 3.8) is 0 Å². The van der Waals surface area contributed by atoms with E-state index in [0.717, 1.165) is 12.8 Å². The number of nitrogens with one attached hydrogen (secondary N) is 1. The molecule has 0 spiro atoms. The predicted molar refractivity (Wildman–Crippen MR) is 123 cm³/mol. The quantitative estimate of drug-likeness (QED) is 0.148. The lowest BCUT2D eigenvalue weighted by Gasteiger charge is -2.20. The number of rotatable bonds is 19. The van der Waals surface area contributed by atoms with E-state index in [1.165, 1.54) is 77.0 Å². The first-order chi connectivity index (χ1) is 14.5. The van der Waals surface area contributed by atoms with Crippen molar-refractivity contribution in [1.82, 2.24) is 5.32 Å². The molecule has 0 aromatic rings. The number of carbonyl (C=O) groups is 2. The minimum absolute atomic E-state index is 0.0905. The minimum Gasteiger partial charge on any atom is -0.464 e. The SMILES string of the molecule is C#CCOC(=O)NC(C(=O)OCCCCCCCCCCCCCCCC)C(C)C. The molecule has 0 aliphatic carbocycles. The molecule has 1 N–H and O–H groups in total. The van der Waals surface area contributed by atoms with Crippen molar-refractivity contribution in [1.29, 1.82) is 0 Å². The normalized spacial score (nSPS) is 11.7. The zero-order valence-corrected chi connectivity index (χ0v) is 19.7. The topological polar surface area (TPSA) is 64.6 Å². The average Bonchev–Trinajstić information content (AvgIpc) is 2.72. The van der Waals surface area contributed by atoms with Crippen LogP contribution in [0.15, 0.2) is 0 Å². The summed E-state index contributed by atoms with van der Waals surface area (Å²) >= 11 is 0. The molecular weight excluding hydrogens is 378 g/mol. The lowest BCUT2D eigenvalue weighted by molar-refractivity contribution is -0.147. The van der Waals surface area contributed by atoms with Crippen molar-refractivity contribution >= 4 is 12.1 Å². The average molecular weight is 424 g/mol. The van der Waals surface area contributed by atoms with Gasteiger partial charge in [-0.2, -0.15) is 0 Å². The fraction of sp³-hybridized carbons (Fsp3) is 0.840. The number of unbranched alkanes of at least 4 members (excludes halogenated alkanes) is 13. The number of amides is 1. The van der Waals surface area contributed by atoms with Crippen molar-refractivity contribution < 1.29 is 19.1 Å². The molecule has 0 fully saturated rings. The third kappa shape index (κ3) is 17.2. The second-order valence-corrected chi connectivity index (χ2v) is 8.41. The predicted octanol–water partition coefficient (Wildman–Crippen LogP) is 6.39. The van der Waals surface area contributed by atoms with E-state index in [1.807, 2.05) is 13.8 Å². The Hall–Kier alpha value is -1.70. The molecule has 0 saturated carbocycles. The van der Waals surface area contributed by atoms with Gasteiger partial charge in [0, 0.05) is 0 Å². The van der Waals surface area contributed by atoms with Gasteiger partial charge in [-0.15, -0.1) is 6.42 Å². The molecule has 30 heavy (non-hydrogen) atoms. The molecule has 0 aliphatic heterocycles. The lowest BCUT2D eigenvalue weighted by atomic mass is 10.0. The molecule has 1 unspecified atom stereocenters. The Morgan fingerprint density at radius 3 is 1.70 bits per heavy atom. The van der Waals surface area contributed by atoms with E-state index in [0.29, 0.717) is 6.61 Å². The summed E-state index contributed by atoms with van der Waals surface area (Å²) in [5.41, 5.74) is 0. The van der Waals surface area contributed by atoms with E-state index in [-0.39, 0.29) is 12.5 Å². The van der Waals surface area contributed by atoms with Crippen LogP contribution in [-0.4, -0.2) is 31.3 Å². The third-order valence-corrected chi connectivity index (χ3v) is 5.22. The molecule has 5 heteroatoms. The molecule has 0 aliphatic rings. The van der Waals surface area contributed by atoms with E-state index in [2.05, 4.69) is 18.2 Å². The monoisotopic (exact) mass is 423 g/mol. The lowest BCUT2D eigenvalue weighted by Crippen LogP contribution is -2.45. The maximum atomic E-state index is 12.2. The van der Waals surface area contributed by atoms with Crippen LogP contribution in [0.5, 0.6) is 0 Å². The van der Waals surface area contributed by atoms with Crippen LogP contribution >= 0.6 is 0 Å². The van der Waals surface area contributed by atoms with Crippen LogP contribution < -0.4 is 5.32 Å². The summed E-state index contributed by atoms with van der Waals surface area (Å²) < 4.78 is 10.1. The van der Waals surface area contributed by atoms with Gasteiger partial charge in [-0.05, 0) is 12.3 Å². The second kappa shape index (κ2) is 20.6. The molecule has 174 valence electrons. The number of ether oxygens (including phenoxy) is 2. The van der Waals surface area contributed by atoms with Crippen LogP contribution in [0, 0.1) is 18.3 Å². The van der Waals surface area contributed by atoms with Gasteiger partial charge in [-0.1, -0.05) is 110 Å². The summed E-state index contributed by atoms with van der Waals surface area (Å²) in [7, 11) is 0. The smallest absolute Gasteiger partial charge is 0.408 e. The summed E-state index contributed by atoms with van der Waals surface area (Å²) in [5.74, 6) is 1.71. The highest BCUT2D eigenvalue weighted by molar-refractivity contribution is 5.81. The summed E-state index contributed by atoms with van der Waals surface area (Å²) in [6.07, 6.45) is 22.4. The first-order valence-electron chi connectivity index (χ1n) is 12.1. The van der Waals surface area contributed by atoms with Gasteiger partial charge >= 0.3 is 12.1 Å². The van der Waals surface area contributed by atoms with E-state index >= 15 is 0 Å². The summed E-state index contributed by atoms with van der Waals surface area (Å²) in [6.45, 7) is 6.22. The largest absolute Gasteiger partial charge is 0.464 e.